The van der Waals surface area contributed by atoms with Gasteiger partial charge in [0, 0.05) is 6.61 Å². The molecule has 0 saturated carbocycles. The van der Waals surface area contributed by atoms with Crippen LogP contribution in [0.2, 0.25) is 0 Å². The lowest BCUT2D eigenvalue weighted by Crippen LogP contribution is -2.01. The van der Waals surface area contributed by atoms with Crippen LogP contribution in [0.5, 0.6) is 11.6 Å². The fourth-order valence-electron chi connectivity index (χ4n) is 1.45. The maximum absolute atomic E-state index is 10.6. The Bertz CT molecular complexity index is 552. The summed E-state index contributed by atoms with van der Waals surface area (Å²) >= 11 is 0. The second-order valence-corrected chi connectivity index (χ2v) is 3.76. The molecule has 19 heavy (non-hydrogen) atoms. The normalized spacial score (nSPS) is 10.2. The number of ether oxygens (including phenoxy) is 1. The number of carbonyl (C=O) groups is 1. The fourth-order valence-corrected chi connectivity index (χ4v) is 1.45. The molecule has 0 radical (unpaired) electrons. The lowest BCUT2D eigenvalue weighted by Gasteiger charge is -2.05. The van der Waals surface area contributed by atoms with Crippen molar-refractivity contribution in [1.82, 2.24) is 9.97 Å². The molecule has 0 amide bonds. The Morgan fingerprint density at radius 1 is 1.16 bits per heavy atom. The van der Waals surface area contributed by atoms with Crippen molar-refractivity contribution in [2.75, 3.05) is 6.61 Å². The second kappa shape index (κ2) is 5.92. The topological polar surface area (TPSA) is 92.5 Å². The molecule has 0 spiro atoms. The van der Waals surface area contributed by atoms with Gasteiger partial charge in [0.05, 0.1) is 12.4 Å². The maximum atomic E-state index is 10.6. The van der Waals surface area contributed by atoms with Gasteiger partial charge in [-0.3, -0.25) is 0 Å². The summed E-state index contributed by atoms with van der Waals surface area (Å²) in [6.07, 6.45) is 2.98. The van der Waals surface area contributed by atoms with E-state index in [0.29, 0.717) is 12.2 Å². The number of aromatic carboxylic acids is 1. The summed E-state index contributed by atoms with van der Waals surface area (Å²) in [7, 11) is 0. The number of aliphatic hydroxyl groups excluding tert-OH is 1. The molecule has 0 saturated heterocycles. The van der Waals surface area contributed by atoms with Gasteiger partial charge < -0.3 is 14.9 Å². The first-order valence-electron chi connectivity index (χ1n) is 5.62. The summed E-state index contributed by atoms with van der Waals surface area (Å²) in [6.45, 7) is 0.0995. The number of hydrogen-bond acceptors (Lipinski definition) is 5. The molecule has 1 aromatic carbocycles. The first-order valence-corrected chi connectivity index (χ1v) is 5.62. The van der Waals surface area contributed by atoms with Gasteiger partial charge >= 0.3 is 5.97 Å². The number of carboxylic acids is 1. The molecular formula is C13H12N2O4. The van der Waals surface area contributed by atoms with Crippen LogP contribution in [0.25, 0.3) is 0 Å². The van der Waals surface area contributed by atoms with Gasteiger partial charge in [-0.15, -0.1) is 0 Å². The Hall–Kier alpha value is -2.47. The van der Waals surface area contributed by atoms with Crippen molar-refractivity contribution in [1.29, 1.82) is 0 Å². The van der Waals surface area contributed by atoms with E-state index in [-0.39, 0.29) is 18.2 Å². The number of aliphatic hydroxyl groups is 1. The molecule has 0 atom stereocenters. The van der Waals surface area contributed by atoms with Crippen molar-refractivity contribution in [2.24, 2.45) is 0 Å². The van der Waals surface area contributed by atoms with Gasteiger partial charge in [0.2, 0.25) is 5.88 Å². The molecule has 6 heteroatoms. The Labute approximate surface area is 109 Å². The number of benzene rings is 1. The molecule has 0 aliphatic rings. The van der Waals surface area contributed by atoms with Crippen molar-refractivity contribution in [3.63, 3.8) is 0 Å². The average molecular weight is 260 g/mol. The van der Waals surface area contributed by atoms with E-state index in [4.69, 9.17) is 14.9 Å². The third-order valence-corrected chi connectivity index (χ3v) is 2.39. The van der Waals surface area contributed by atoms with Gasteiger partial charge in [0.25, 0.3) is 0 Å². The van der Waals surface area contributed by atoms with Gasteiger partial charge in [-0.05, 0) is 24.1 Å². The summed E-state index contributed by atoms with van der Waals surface area (Å²) in [5.41, 5.74) is 0.868. The molecule has 6 nitrogen and oxygen atoms in total. The minimum absolute atomic E-state index is 0.0995. The molecule has 0 unspecified atom stereocenters. The third kappa shape index (κ3) is 3.49. The molecule has 0 fully saturated rings. The van der Waals surface area contributed by atoms with Crippen LogP contribution in [-0.4, -0.2) is 32.8 Å². The van der Waals surface area contributed by atoms with Crippen LogP contribution < -0.4 is 4.74 Å². The number of carboxylic acid groups (broad SMARTS) is 1. The number of rotatable bonds is 5. The van der Waals surface area contributed by atoms with Gasteiger partial charge in [0.15, 0.2) is 5.69 Å². The molecule has 0 bridgehead atoms. The van der Waals surface area contributed by atoms with E-state index in [0.717, 1.165) is 11.8 Å². The Balaban J connectivity index is 2.06. The van der Waals surface area contributed by atoms with Crippen molar-refractivity contribution in [2.45, 2.75) is 6.42 Å². The Morgan fingerprint density at radius 2 is 1.89 bits per heavy atom. The molecular weight excluding hydrogens is 248 g/mol. The van der Waals surface area contributed by atoms with Crippen molar-refractivity contribution < 1.29 is 19.7 Å². The van der Waals surface area contributed by atoms with E-state index >= 15 is 0 Å². The van der Waals surface area contributed by atoms with Crippen LogP contribution in [0.1, 0.15) is 16.1 Å². The zero-order chi connectivity index (χ0) is 13.7. The van der Waals surface area contributed by atoms with Crippen LogP contribution in [0.3, 0.4) is 0 Å². The van der Waals surface area contributed by atoms with Crippen molar-refractivity contribution >= 4 is 5.97 Å². The summed E-state index contributed by atoms with van der Waals surface area (Å²) in [4.78, 5) is 18.2. The highest BCUT2D eigenvalue weighted by atomic mass is 16.5. The maximum Gasteiger partial charge on any atom is 0.356 e. The SMILES string of the molecule is O=C(O)c1cnc(Oc2ccc(CCO)cc2)cn1. The number of hydrogen-bond donors (Lipinski definition) is 2. The Kier molecular flexibility index (Phi) is 4.04. The average Bonchev–Trinajstić information content (AvgIpc) is 2.42. The monoisotopic (exact) mass is 260 g/mol. The Morgan fingerprint density at radius 3 is 2.42 bits per heavy atom. The minimum atomic E-state index is -1.13. The van der Waals surface area contributed by atoms with Crippen LogP contribution in [0.4, 0.5) is 0 Å². The van der Waals surface area contributed by atoms with Gasteiger partial charge in [-0.1, -0.05) is 12.1 Å². The predicted molar refractivity (Wildman–Crippen MR) is 66.3 cm³/mol. The van der Waals surface area contributed by atoms with E-state index in [1.807, 2.05) is 12.1 Å². The first-order chi connectivity index (χ1) is 9.19. The fraction of sp³-hybridized carbons (Fsp3) is 0.154. The predicted octanol–water partition coefficient (Wildman–Crippen LogP) is 1.50. The van der Waals surface area contributed by atoms with Crippen LogP contribution in [-0.2, 0) is 6.42 Å². The standard InChI is InChI=1S/C13H12N2O4/c16-6-5-9-1-3-10(4-2-9)19-12-8-14-11(7-15-12)13(17)18/h1-4,7-8,16H,5-6H2,(H,17,18). The third-order valence-electron chi connectivity index (χ3n) is 2.39. The quantitative estimate of drug-likeness (QED) is 0.846. The highest BCUT2D eigenvalue weighted by molar-refractivity contribution is 5.84. The van der Waals surface area contributed by atoms with E-state index < -0.39 is 5.97 Å². The summed E-state index contributed by atoms with van der Waals surface area (Å²) in [5, 5.41) is 17.5. The summed E-state index contributed by atoms with van der Waals surface area (Å²) < 4.78 is 5.42. The van der Waals surface area contributed by atoms with Crippen molar-refractivity contribution in [3.8, 4) is 11.6 Å². The molecule has 2 aromatic rings. The zero-order valence-corrected chi connectivity index (χ0v) is 9.98. The summed E-state index contributed by atoms with van der Waals surface area (Å²) in [5.74, 6) is -0.341. The van der Waals surface area contributed by atoms with Gasteiger partial charge in [-0.2, -0.15) is 0 Å². The molecule has 0 aliphatic carbocycles. The van der Waals surface area contributed by atoms with Crippen LogP contribution in [0.15, 0.2) is 36.7 Å². The molecule has 98 valence electrons. The molecule has 2 N–H and O–H groups in total. The summed E-state index contributed by atoms with van der Waals surface area (Å²) in [6, 6.07) is 7.17. The largest absolute Gasteiger partial charge is 0.476 e. The van der Waals surface area contributed by atoms with Gasteiger partial charge in [0.1, 0.15) is 5.75 Å². The lowest BCUT2D eigenvalue weighted by atomic mass is 10.1. The zero-order valence-electron chi connectivity index (χ0n) is 9.98. The molecule has 1 aromatic heterocycles. The van der Waals surface area contributed by atoms with E-state index in [9.17, 15) is 4.79 Å². The first kappa shape index (κ1) is 13.0. The molecule has 2 rings (SSSR count). The van der Waals surface area contributed by atoms with Gasteiger partial charge in [-0.25, -0.2) is 14.8 Å². The smallest absolute Gasteiger partial charge is 0.356 e. The van der Waals surface area contributed by atoms with Crippen LogP contribution >= 0.6 is 0 Å². The van der Waals surface area contributed by atoms with Crippen molar-refractivity contribution in [3.05, 3.63) is 47.9 Å². The molecule has 1 heterocycles. The van der Waals surface area contributed by atoms with E-state index in [1.54, 1.807) is 12.1 Å². The van der Waals surface area contributed by atoms with Crippen LogP contribution in [0, 0.1) is 0 Å². The minimum Gasteiger partial charge on any atom is -0.476 e. The number of aromatic nitrogens is 2. The molecule has 0 aliphatic heterocycles. The highest BCUT2D eigenvalue weighted by Gasteiger charge is 2.06. The second-order valence-electron chi connectivity index (χ2n) is 3.76. The lowest BCUT2D eigenvalue weighted by molar-refractivity contribution is 0.0690. The van der Waals surface area contributed by atoms with E-state index in [2.05, 4.69) is 9.97 Å². The number of nitrogens with zero attached hydrogens (tertiary/aromatic N) is 2. The van der Waals surface area contributed by atoms with E-state index in [1.165, 1.54) is 6.20 Å². The highest BCUT2D eigenvalue weighted by Crippen LogP contribution is 2.19.